The molecule has 280 valence electrons. The molecule has 2 heteroatoms. The van der Waals surface area contributed by atoms with E-state index in [-0.39, 0.29) is 5.41 Å². The van der Waals surface area contributed by atoms with Crippen molar-refractivity contribution in [3.8, 4) is 0 Å². The SMILES string of the molecule is CC(C=CC1=C(C)CCCCC1(C)C)=CCC=CC(C)=CCC(O)OCCC1CC1C1CC(C2CC(CC(C)CCC3CC3CC3CC3)C2)C1. The lowest BCUT2D eigenvalue weighted by Crippen LogP contribution is -2.39. The fraction of sp³-hybridized carbons (Fsp3) is 0.792. The number of allylic oxidation sites excluding steroid dienone is 9. The van der Waals surface area contributed by atoms with E-state index in [1.54, 1.807) is 31.3 Å². The molecule has 50 heavy (non-hydrogen) atoms. The van der Waals surface area contributed by atoms with Gasteiger partial charge in [-0.25, -0.2) is 0 Å². The number of aliphatic hydroxyl groups excluding tert-OH is 1. The van der Waals surface area contributed by atoms with Gasteiger partial charge in [0.05, 0.1) is 6.61 Å². The average molecular weight is 685 g/mol. The molecule has 6 unspecified atom stereocenters. The zero-order valence-electron chi connectivity index (χ0n) is 33.3. The first-order valence-corrected chi connectivity index (χ1v) is 21.7. The summed E-state index contributed by atoms with van der Waals surface area (Å²) in [6.07, 6.45) is 38.9. The van der Waals surface area contributed by atoms with Gasteiger partial charge >= 0.3 is 0 Å². The Labute approximate surface area is 308 Å². The van der Waals surface area contributed by atoms with Gasteiger partial charge in [-0.3, -0.25) is 0 Å². The quantitative estimate of drug-likeness (QED) is 0.102. The Morgan fingerprint density at radius 3 is 2.40 bits per heavy atom. The van der Waals surface area contributed by atoms with Crippen molar-refractivity contribution in [3.63, 3.8) is 0 Å². The van der Waals surface area contributed by atoms with E-state index in [2.05, 4.69) is 78.0 Å². The molecule has 6 atom stereocenters. The smallest absolute Gasteiger partial charge is 0.157 e. The predicted molar refractivity (Wildman–Crippen MR) is 213 cm³/mol. The summed E-state index contributed by atoms with van der Waals surface area (Å²) >= 11 is 0. The summed E-state index contributed by atoms with van der Waals surface area (Å²) in [5, 5.41) is 10.4. The van der Waals surface area contributed by atoms with Gasteiger partial charge in [-0.1, -0.05) is 99.6 Å². The molecular weight excluding hydrogens is 609 g/mol. The molecule has 0 saturated heterocycles. The lowest BCUT2D eigenvalue weighted by atomic mass is 9.57. The molecule has 6 aliphatic carbocycles. The van der Waals surface area contributed by atoms with Gasteiger partial charge in [-0.2, -0.15) is 0 Å². The van der Waals surface area contributed by atoms with Crippen LogP contribution in [0.25, 0.3) is 0 Å². The van der Waals surface area contributed by atoms with Gasteiger partial charge < -0.3 is 9.84 Å². The summed E-state index contributed by atoms with van der Waals surface area (Å²) in [5.74, 6) is 10.3. The molecule has 0 aromatic carbocycles. The molecule has 6 aliphatic rings. The van der Waals surface area contributed by atoms with Crippen LogP contribution < -0.4 is 0 Å². The Kier molecular flexibility index (Phi) is 13.5. The second-order valence-corrected chi connectivity index (χ2v) is 19.6. The van der Waals surface area contributed by atoms with Crippen molar-refractivity contribution in [1.29, 1.82) is 0 Å². The van der Waals surface area contributed by atoms with Crippen LogP contribution in [0.3, 0.4) is 0 Å². The molecule has 5 saturated carbocycles. The monoisotopic (exact) mass is 685 g/mol. The molecular formula is C48H76O2. The third-order valence-corrected chi connectivity index (χ3v) is 14.6. The minimum absolute atomic E-state index is 0.277. The normalized spacial score (nSPS) is 35.6. The van der Waals surface area contributed by atoms with Crippen molar-refractivity contribution in [2.75, 3.05) is 6.61 Å². The third-order valence-electron chi connectivity index (χ3n) is 14.6. The van der Waals surface area contributed by atoms with Gasteiger partial charge in [0.25, 0.3) is 0 Å². The summed E-state index contributed by atoms with van der Waals surface area (Å²) in [6, 6.07) is 0. The van der Waals surface area contributed by atoms with Crippen LogP contribution >= 0.6 is 0 Å². The molecule has 0 spiro atoms. The molecule has 0 aliphatic heterocycles. The Morgan fingerprint density at radius 2 is 1.62 bits per heavy atom. The maximum absolute atomic E-state index is 10.4. The van der Waals surface area contributed by atoms with Gasteiger partial charge in [0.1, 0.15) is 0 Å². The lowest BCUT2D eigenvalue weighted by molar-refractivity contribution is -0.0978. The largest absolute Gasteiger partial charge is 0.368 e. The first kappa shape index (κ1) is 38.3. The number of rotatable bonds is 20. The number of aliphatic hydroxyl groups is 1. The first-order valence-electron chi connectivity index (χ1n) is 21.7. The van der Waals surface area contributed by atoms with E-state index >= 15 is 0 Å². The lowest BCUT2D eigenvalue weighted by Gasteiger charge is -2.49. The standard InChI is InChI=1S/C48H76O2/c1-33(15-20-46-36(4)13-9-10-23-48(46,5)6)11-7-8-12-34(2)16-21-47(49)50-24-22-40-32-45(40)44-30-43(31-44)41-27-38(28-41)25-35(3)14-19-39-29-42(39)26-37-17-18-37/h8,11-12,15-16,20,35,37-45,47,49H,7,9-10,13-14,17-19,21-32H2,1-6H3. The van der Waals surface area contributed by atoms with E-state index in [0.29, 0.717) is 13.0 Å². The summed E-state index contributed by atoms with van der Waals surface area (Å²) in [5.41, 5.74) is 5.88. The summed E-state index contributed by atoms with van der Waals surface area (Å²) in [7, 11) is 0. The molecule has 5 fully saturated rings. The second-order valence-electron chi connectivity index (χ2n) is 19.6. The molecule has 6 rings (SSSR count). The zero-order valence-corrected chi connectivity index (χ0v) is 33.3. The van der Waals surface area contributed by atoms with Crippen molar-refractivity contribution in [2.24, 2.45) is 64.6 Å². The molecule has 0 aromatic rings. The van der Waals surface area contributed by atoms with Crippen LogP contribution in [-0.4, -0.2) is 18.0 Å². The highest BCUT2D eigenvalue weighted by molar-refractivity contribution is 5.35. The third kappa shape index (κ3) is 11.6. The van der Waals surface area contributed by atoms with Crippen LogP contribution in [0, 0.1) is 64.6 Å². The number of hydrogen-bond donors (Lipinski definition) is 1. The molecule has 0 aromatic heterocycles. The van der Waals surface area contributed by atoms with Crippen molar-refractivity contribution in [3.05, 3.63) is 58.7 Å². The Bertz CT molecular complexity index is 1240. The van der Waals surface area contributed by atoms with Gasteiger partial charge in [0.15, 0.2) is 6.29 Å². The van der Waals surface area contributed by atoms with E-state index < -0.39 is 6.29 Å². The van der Waals surface area contributed by atoms with Gasteiger partial charge in [-0.05, 0) is 181 Å². The van der Waals surface area contributed by atoms with Gasteiger partial charge in [0, 0.05) is 6.42 Å². The summed E-state index contributed by atoms with van der Waals surface area (Å²) in [6.45, 7) is 14.7. The minimum Gasteiger partial charge on any atom is -0.368 e. The molecule has 2 nitrogen and oxygen atoms in total. The molecule has 0 amide bonds. The van der Waals surface area contributed by atoms with Gasteiger partial charge in [0.2, 0.25) is 0 Å². The van der Waals surface area contributed by atoms with Crippen LogP contribution in [0.1, 0.15) is 164 Å². The molecule has 0 radical (unpaired) electrons. The van der Waals surface area contributed by atoms with Crippen molar-refractivity contribution < 1.29 is 9.84 Å². The highest BCUT2D eigenvalue weighted by Crippen LogP contribution is 2.59. The Balaban J connectivity index is 0.768. The fourth-order valence-electron chi connectivity index (χ4n) is 10.6. The predicted octanol–water partition coefficient (Wildman–Crippen LogP) is 13.3. The van der Waals surface area contributed by atoms with Crippen LogP contribution in [0.5, 0.6) is 0 Å². The van der Waals surface area contributed by atoms with Crippen LogP contribution in [-0.2, 0) is 4.74 Å². The number of hydrogen-bond acceptors (Lipinski definition) is 2. The van der Waals surface area contributed by atoms with E-state index in [1.807, 2.05) is 0 Å². The Morgan fingerprint density at radius 1 is 0.860 bits per heavy atom. The highest BCUT2D eigenvalue weighted by atomic mass is 16.6. The van der Waals surface area contributed by atoms with Gasteiger partial charge in [-0.15, -0.1) is 0 Å². The topological polar surface area (TPSA) is 29.5 Å². The Hall–Kier alpha value is -1.38. The van der Waals surface area contributed by atoms with E-state index in [0.717, 1.165) is 72.0 Å². The first-order chi connectivity index (χ1) is 24.0. The van der Waals surface area contributed by atoms with Crippen LogP contribution in [0.4, 0.5) is 0 Å². The van der Waals surface area contributed by atoms with Crippen molar-refractivity contribution in [2.45, 2.75) is 170 Å². The maximum Gasteiger partial charge on any atom is 0.157 e. The summed E-state index contributed by atoms with van der Waals surface area (Å²) in [4.78, 5) is 0. The average Bonchev–Trinajstić information content (AvgIpc) is 3.92. The zero-order chi connectivity index (χ0) is 35.3. The number of ether oxygens (including phenoxy) is 1. The minimum atomic E-state index is -0.686. The van der Waals surface area contributed by atoms with Crippen LogP contribution in [0.15, 0.2) is 58.7 Å². The highest BCUT2D eigenvalue weighted by Gasteiger charge is 2.50. The fourth-order valence-corrected chi connectivity index (χ4v) is 10.6. The van der Waals surface area contributed by atoms with Crippen LogP contribution in [0.2, 0.25) is 0 Å². The molecule has 1 N–H and O–H groups in total. The van der Waals surface area contributed by atoms with E-state index in [9.17, 15) is 5.11 Å². The molecule has 0 bridgehead atoms. The molecule has 0 heterocycles. The van der Waals surface area contributed by atoms with E-state index in [4.69, 9.17) is 4.74 Å². The maximum atomic E-state index is 10.4. The summed E-state index contributed by atoms with van der Waals surface area (Å²) < 4.78 is 5.84. The van der Waals surface area contributed by atoms with Crippen molar-refractivity contribution in [1.82, 2.24) is 0 Å². The van der Waals surface area contributed by atoms with Crippen molar-refractivity contribution >= 4 is 0 Å². The van der Waals surface area contributed by atoms with E-state index in [1.165, 1.54) is 93.8 Å². The second kappa shape index (κ2) is 17.6.